The van der Waals surface area contributed by atoms with Gasteiger partial charge in [0.15, 0.2) is 0 Å². The van der Waals surface area contributed by atoms with E-state index in [0.717, 1.165) is 31.4 Å². The number of nitrogens with one attached hydrogen (secondary N) is 1. The molecule has 1 heterocycles. The Morgan fingerprint density at radius 2 is 2.39 bits per heavy atom. The molecule has 1 saturated heterocycles. The molecule has 0 aromatic heterocycles. The molecule has 1 fully saturated rings. The highest BCUT2D eigenvalue weighted by molar-refractivity contribution is 5.17. The molecule has 2 rings (SSSR count). The van der Waals surface area contributed by atoms with Crippen LogP contribution in [0, 0.1) is 5.82 Å². The number of rotatable bonds is 6. The predicted octanol–water partition coefficient (Wildman–Crippen LogP) is 2.92. The molecule has 18 heavy (non-hydrogen) atoms. The van der Waals surface area contributed by atoms with Gasteiger partial charge in [-0.1, -0.05) is 12.1 Å². The molecule has 1 aliphatic heterocycles. The maximum Gasteiger partial charge on any atom is 0.123 e. The molecule has 3 heteroatoms. The van der Waals surface area contributed by atoms with Gasteiger partial charge in [0, 0.05) is 12.6 Å². The molecule has 0 amide bonds. The lowest BCUT2D eigenvalue weighted by Crippen LogP contribution is -2.28. The van der Waals surface area contributed by atoms with E-state index in [4.69, 9.17) is 4.74 Å². The maximum atomic E-state index is 13.1. The third-order valence-corrected chi connectivity index (χ3v) is 3.64. The number of halogens is 1. The fourth-order valence-electron chi connectivity index (χ4n) is 2.56. The summed E-state index contributed by atoms with van der Waals surface area (Å²) in [5.74, 6) is -0.151. The largest absolute Gasteiger partial charge is 0.378 e. The van der Waals surface area contributed by atoms with Gasteiger partial charge in [0.2, 0.25) is 0 Å². The summed E-state index contributed by atoms with van der Waals surface area (Å²) in [7, 11) is 1.97. The Morgan fingerprint density at radius 1 is 1.50 bits per heavy atom. The van der Waals surface area contributed by atoms with Crippen molar-refractivity contribution in [2.75, 3.05) is 13.7 Å². The van der Waals surface area contributed by atoms with Crippen molar-refractivity contribution in [2.45, 2.75) is 44.2 Å². The van der Waals surface area contributed by atoms with Gasteiger partial charge in [-0.15, -0.1) is 0 Å². The minimum atomic E-state index is -0.151. The highest BCUT2D eigenvalue weighted by Gasteiger charge is 2.17. The molecule has 0 spiro atoms. The second kappa shape index (κ2) is 6.86. The Morgan fingerprint density at radius 3 is 3.06 bits per heavy atom. The normalized spacial score (nSPS) is 21.1. The SMILES string of the molecule is CNC(CCC1CCCO1)Cc1cccc(F)c1. The van der Waals surface area contributed by atoms with Crippen LogP contribution in [-0.4, -0.2) is 25.8 Å². The number of hydrogen-bond acceptors (Lipinski definition) is 2. The first-order valence-electron chi connectivity index (χ1n) is 6.81. The number of hydrogen-bond donors (Lipinski definition) is 1. The smallest absolute Gasteiger partial charge is 0.123 e. The zero-order valence-electron chi connectivity index (χ0n) is 11.0. The molecular formula is C15H22FNO. The van der Waals surface area contributed by atoms with E-state index in [2.05, 4.69) is 5.32 Å². The Bertz CT molecular complexity index is 363. The molecule has 2 nitrogen and oxygen atoms in total. The predicted molar refractivity (Wildman–Crippen MR) is 71.2 cm³/mol. The monoisotopic (exact) mass is 251 g/mol. The second-order valence-electron chi connectivity index (χ2n) is 5.03. The molecule has 2 atom stereocenters. The van der Waals surface area contributed by atoms with Gasteiger partial charge in [-0.05, 0) is 56.8 Å². The van der Waals surface area contributed by atoms with Crippen molar-refractivity contribution in [1.82, 2.24) is 5.32 Å². The average Bonchev–Trinajstić information content (AvgIpc) is 2.87. The fourth-order valence-corrected chi connectivity index (χ4v) is 2.56. The van der Waals surface area contributed by atoms with Crippen LogP contribution < -0.4 is 5.32 Å². The van der Waals surface area contributed by atoms with Crippen molar-refractivity contribution in [3.8, 4) is 0 Å². The van der Waals surface area contributed by atoms with Crippen molar-refractivity contribution in [2.24, 2.45) is 0 Å². The van der Waals surface area contributed by atoms with Crippen LogP contribution in [0.2, 0.25) is 0 Å². The Hall–Kier alpha value is -0.930. The summed E-state index contributed by atoms with van der Waals surface area (Å²) in [6.45, 7) is 0.915. The molecule has 0 saturated carbocycles. The molecule has 0 bridgehead atoms. The number of ether oxygens (including phenoxy) is 1. The van der Waals surface area contributed by atoms with E-state index in [9.17, 15) is 4.39 Å². The quantitative estimate of drug-likeness (QED) is 0.839. The van der Waals surface area contributed by atoms with Crippen molar-refractivity contribution >= 4 is 0 Å². The zero-order valence-corrected chi connectivity index (χ0v) is 11.0. The van der Waals surface area contributed by atoms with Crippen LogP contribution in [-0.2, 0) is 11.2 Å². The molecule has 100 valence electrons. The molecule has 0 aliphatic carbocycles. The molecule has 1 aliphatic rings. The van der Waals surface area contributed by atoms with Gasteiger partial charge >= 0.3 is 0 Å². The highest BCUT2D eigenvalue weighted by atomic mass is 19.1. The van der Waals surface area contributed by atoms with Crippen molar-refractivity contribution in [3.05, 3.63) is 35.6 Å². The van der Waals surface area contributed by atoms with Crippen LogP contribution in [0.5, 0.6) is 0 Å². The van der Waals surface area contributed by atoms with E-state index >= 15 is 0 Å². The summed E-state index contributed by atoms with van der Waals surface area (Å²) in [5, 5.41) is 3.32. The molecule has 1 aromatic rings. The van der Waals surface area contributed by atoms with Gasteiger partial charge in [-0.25, -0.2) is 4.39 Å². The second-order valence-corrected chi connectivity index (χ2v) is 5.03. The van der Waals surface area contributed by atoms with Crippen molar-refractivity contribution in [3.63, 3.8) is 0 Å². The highest BCUT2D eigenvalue weighted by Crippen LogP contribution is 2.19. The summed E-state index contributed by atoms with van der Waals surface area (Å²) in [5.41, 5.74) is 1.06. The third-order valence-electron chi connectivity index (χ3n) is 3.64. The minimum absolute atomic E-state index is 0.151. The zero-order chi connectivity index (χ0) is 12.8. The van der Waals surface area contributed by atoms with Gasteiger partial charge in [0.25, 0.3) is 0 Å². The maximum absolute atomic E-state index is 13.1. The molecule has 1 aromatic carbocycles. The average molecular weight is 251 g/mol. The van der Waals surface area contributed by atoms with E-state index in [1.54, 1.807) is 12.1 Å². The van der Waals surface area contributed by atoms with Crippen LogP contribution in [0.4, 0.5) is 4.39 Å². The lowest BCUT2D eigenvalue weighted by atomic mass is 9.99. The first-order valence-corrected chi connectivity index (χ1v) is 6.81. The number of likely N-dealkylation sites (N-methyl/N-ethyl adjacent to an activating group) is 1. The van der Waals surface area contributed by atoms with Crippen LogP contribution in [0.1, 0.15) is 31.2 Å². The molecule has 0 radical (unpaired) electrons. The summed E-state index contributed by atoms with van der Waals surface area (Å²) < 4.78 is 18.7. The topological polar surface area (TPSA) is 21.3 Å². The van der Waals surface area contributed by atoms with Crippen LogP contribution in [0.3, 0.4) is 0 Å². The Balaban J connectivity index is 1.81. The van der Waals surface area contributed by atoms with E-state index in [-0.39, 0.29) is 5.82 Å². The van der Waals surface area contributed by atoms with Crippen molar-refractivity contribution in [1.29, 1.82) is 0 Å². The van der Waals surface area contributed by atoms with Crippen molar-refractivity contribution < 1.29 is 9.13 Å². The van der Waals surface area contributed by atoms with E-state index in [1.807, 2.05) is 13.1 Å². The van der Waals surface area contributed by atoms with Gasteiger partial charge in [-0.2, -0.15) is 0 Å². The first kappa shape index (κ1) is 13.5. The third kappa shape index (κ3) is 4.07. The Labute approximate surface area is 109 Å². The Kier molecular flexibility index (Phi) is 5.14. The first-order chi connectivity index (χ1) is 8.78. The van der Waals surface area contributed by atoms with Gasteiger partial charge in [-0.3, -0.25) is 0 Å². The van der Waals surface area contributed by atoms with E-state index < -0.39 is 0 Å². The van der Waals surface area contributed by atoms with E-state index in [1.165, 1.54) is 18.9 Å². The van der Waals surface area contributed by atoms with Gasteiger partial charge in [0.1, 0.15) is 5.82 Å². The summed E-state index contributed by atoms with van der Waals surface area (Å²) in [4.78, 5) is 0. The molecule has 1 N–H and O–H groups in total. The molecule has 2 unspecified atom stereocenters. The van der Waals surface area contributed by atoms with E-state index in [0.29, 0.717) is 12.1 Å². The molecular weight excluding hydrogens is 229 g/mol. The van der Waals surface area contributed by atoms with Crippen LogP contribution >= 0.6 is 0 Å². The van der Waals surface area contributed by atoms with Crippen LogP contribution in [0.15, 0.2) is 24.3 Å². The lowest BCUT2D eigenvalue weighted by Gasteiger charge is -2.18. The van der Waals surface area contributed by atoms with Crippen LogP contribution in [0.25, 0.3) is 0 Å². The van der Waals surface area contributed by atoms with Gasteiger partial charge in [0.05, 0.1) is 6.10 Å². The summed E-state index contributed by atoms with van der Waals surface area (Å²) in [6.07, 6.45) is 5.88. The summed E-state index contributed by atoms with van der Waals surface area (Å²) >= 11 is 0. The minimum Gasteiger partial charge on any atom is -0.378 e. The fraction of sp³-hybridized carbons (Fsp3) is 0.600. The van der Waals surface area contributed by atoms with Gasteiger partial charge < -0.3 is 10.1 Å². The number of benzene rings is 1. The lowest BCUT2D eigenvalue weighted by molar-refractivity contribution is 0.0998. The standard InChI is InChI=1S/C15H22FNO/c1-17-14(7-8-15-6-3-9-18-15)11-12-4-2-5-13(16)10-12/h2,4-5,10,14-15,17H,3,6-9,11H2,1H3. The summed E-state index contributed by atoms with van der Waals surface area (Å²) in [6, 6.07) is 7.27.